The third kappa shape index (κ3) is 3.69. The molecule has 1 aromatic rings. The van der Waals surface area contributed by atoms with Gasteiger partial charge in [-0.1, -0.05) is 0 Å². The van der Waals surface area contributed by atoms with E-state index in [0.29, 0.717) is 6.54 Å². The molecule has 2 unspecified atom stereocenters. The number of hydrogen-bond acceptors (Lipinski definition) is 4. The number of carbonyl (C=O) groups excluding carboxylic acids is 1. The minimum absolute atomic E-state index is 0.0688. The standard InChI is InChI=1S/C15H20F2N2O3S/c1-10(18)13-4-2-3-9-19(13)14(20)11-5-7-12(8-6-11)23(21,22)15(16)17/h5-8,10,13,15H,2-4,9,18H2,1H3. The van der Waals surface area contributed by atoms with Crippen LogP contribution in [-0.2, 0) is 9.84 Å². The zero-order valence-corrected chi connectivity index (χ0v) is 13.6. The first-order valence-corrected chi connectivity index (χ1v) is 8.98. The number of benzene rings is 1. The van der Waals surface area contributed by atoms with Crippen LogP contribution in [0.2, 0.25) is 0 Å². The fraction of sp³-hybridized carbons (Fsp3) is 0.533. The van der Waals surface area contributed by atoms with Crippen LogP contribution >= 0.6 is 0 Å². The Bertz CT molecular complexity index is 660. The molecule has 0 saturated carbocycles. The summed E-state index contributed by atoms with van der Waals surface area (Å²) < 4.78 is 47.8. The fourth-order valence-electron chi connectivity index (χ4n) is 2.81. The van der Waals surface area contributed by atoms with Crippen LogP contribution in [0.4, 0.5) is 8.78 Å². The molecule has 2 rings (SSSR count). The Balaban J connectivity index is 2.23. The van der Waals surface area contributed by atoms with Crippen molar-refractivity contribution < 1.29 is 22.0 Å². The van der Waals surface area contributed by atoms with E-state index < -0.39 is 20.5 Å². The molecule has 1 heterocycles. The predicted molar refractivity (Wildman–Crippen MR) is 82.0 cm³/mol. The molecule has 1 aliphatic heterocycles. The fourth-order valence-corrected chi connectivity index (χ4v) is 3.53. The molecule has 1 saturated heterocycles. The van der Waals surface area contributed by atoms with E-state index in [1.54, 1.807) is 4.90 Å². The Morgan fingerprint density at radius 2 is 1.87 bits per heavy atom. The van der Waals surface area contributed by atoms with Crippen molar-refractivity contribution in [3.05, 3.63) is 29.8 Å². The molecule has 0 bridgehead atoms. The van der Waals surface area contributed by atoms with Crippen molar-refractivity contribution in [3.8, 4) is 0 Å². The number of nitrogens with two attached hydrogens (primary N) is 1. The maximum absolute atomic E-state index is 12.6. The van der Waals surface area contributed by atoms with Crippen LogP contribution in [0.5, 0.6) is 0 Å². The highest BCUT2D eigenvalue weighted by atomic mass is 32.2. The highest BCUT2D eigenvalue weighted by molar-refractivity contribution is 7.91. The first-order valence-electron chi connectivity index (χ1n) is 7.44. The third-order valence-corrected chi connectivity index (χ3v) is 5.48. The Morgan fingerprint density at radius 3 is 2.39 bits per heavy atom. The van der Waals surface area contributed by atoms with Gasteiger partial charge in [0.1, 0.15) is 0 Å². The Hall–Kier alpha value is -1.54. The summed E-state index contributed by atoms with van der Waals surface area (Å²) in [5.41, 5.74) is 6.20. The molecular formula is C15H20F2N2O3S. The largest absolute Gasteiger partial charge is 0.341 e. The zero-order chi connectivity index (χ0) is 17.2. The van der Waals surface area contributed by atoms with Crippen LogP contribution in [0.15, 0.2) is 29.2 Å². The Labute approximate surface area is 134 Å². The molecule has 1 aromatic carbocycles. The van der Waals surface area contributed by atoms with E-state index in [9.17, 15) is 22.0 Å². The predicted octanol–water partition coefficient (Wildman–Crippen LogP) is 2.02. The average Bonchev–Trinajstić information content (AvgIpc) is 2.54. The smallest absolute Gasteiger partial charge is 0.334 e. The van der Waals surface area contributed by atoms with E-state index in [1.807, 2.05) is 6.92 Å². The number of halogens is 2. The summed E-state index contributed by atoms with van der Waals surface area (Å²) in [6.07, 6.45) is 2.70. The van der Waals surface area contributed by atoms with Gasteiger partial charge in [-0.2, -0.15) is 8.78 Å². The summed E-state index contributed by atoms with van der Waals surface area (Å²) in [5.74, 6) is -3.73. The highest BCUT2D eigenvalue weighted by Crippen LogP contribution is 2.23. The molecular weight excluding hydrogens is 326 g/mol. The maximum Gasteiger partial charge on any atom is 0.341 e. The number of rotatable bonds is 4. The van der Waals surface area contributed by atoms with Crippen molar-refractivity contribution >= 4 is 15.7 Å². The van der Waals surface area contributed by atoms with Crippen molar-refractivity contribution in [1.29, 1.82) is 0 Å². The van der Waals surface area contributed by atoms with Gasteiger partial charge in [0.2, 0.25) is 9.84 Å². The van der Waals surface area contributed by atoms with Gasteiger partial charge in [-0.05, 0) is 50.5 Å². The minimum atomic E-state index is -4.65. The number of sulfone groups is 1. The van der Waals surface area contributed by atoms with E-state index in [1.165, 1.54) is 12.1 Å². The lowest BCUT2D eigenvalue weighted by molar-refractivity contribution is 0.0583. The molecule has 2 N–H and O–H groups in total. The molecule has 0 radical (unpaired) electrons. The van der Waals surface area contributed by atoms with Crippen LogP contribution in [0.1, 0.15) is 36.5 Å². The van der Waals surface area contributed by atoms with E-state index >= 15 is 0 Å². The van der Waals surface area contributed by atoms with Crippen LogP contribution in [0.3, 0.4) is 0 Å². The van der Waals surface area contributed by atoms with Crippen molar-refractivity contribution in [2.75, 3.05) is 6.54 Å². The molecule has 1 aliphatic rings. The molecule has 8 heteroatoms. The average molecular weight is 346 g/mol. The van der Waals surface area contributed by atoms with Crippen LogP contribution in [0.25, 0.3) is 0 Å². The molecule has 5 nitrogen and oxygen atoms in total. The number of likely N-dealkylation sites (tertiary alicyclic amines) is 1. The lowest BCUT2D eigenvalue weighted by atomic mass is 9.96. The highest BCUT2D eigenvalue weighted by Gasteiger charge is 2.31. The number of alkyl halides is 2. The quantitative estimate of drug-likeness (QED) is 0.904. The molecule has 23 heavy (non-hydrogen) atoms. The van der Waals surface area contributed by atoms with E-state index in [4.69, 9.17) is 5.73 Å². The van der Waals surface area contributed by atoms with E-state index in [2.05, 4.69) is 0 Å². The number of amides is 1. The summed E-state index contributed by atoms with van der Waals surface area (Å²) in [4.78, 5) is 13.8. The summed E-state index contributed by atoms with van der Waals surface area (Å²) in [7, 11) is -4.65. The van der Waals surface area contributed by atoms with Crippen LogP contribution < -0.4 is 5.73 Å². The molecule has 128 valence electrons. The third-order valence-electron chi connectivity index (χ3n) is 4.08. The second-order valence-corrected chi connectivity index (χ2v) is 7.67. The van der Waals surface area contributed by atoms with E-state index in [0.717, 1.165) is 31.4 Å². The Morgan fingerprint density at radius 1 is 1.26 bits per heavy atom. The van der Waals surface area contributed by atoms with Gasteiger partial charge in [0, 0.05) is 24.2 Å². The normalized spacial score (nSPS) is 20.6. The number of hydrogen-bond donors (Lipinski definition) is 1. The molecule has 0 aromatic heterocycles. The van der Waals surface area contributed by atoms with Crippen LogP contribution in [0, 0.1) is 0 Å². The molecule has 0 aliphatic carbocycles. The molecule has 1 amide bonds. The number of carbonyl (C=O) groups is 1. The number of nitrogens with zero attached hydrogens (tertiary/aromatic N) is 1. The molecule has 0 spiro atoms. The number of piperidine rings is 1. The minimum Gasteiger partial charge on any atom is -0.334 e. The second-order valence-electron chi connectivity index (χ2n) is 5.75. The van der Waals surface area contributed by atoms with Crippen LogP contribution in [-0.4, -0.2) is 43.6 Å². The summed E-state index contributed by atoms with van der Waals surface area (Å²) >= 11 is 0. The van der Waals surface area contributed by atoms with Crippen molar-refractivity contribution in [1.82, 2.24) is 4.90 Å². The van der Waals surface area contributed by atoms with Gasteiger partial charge in [-0.15, -0.1) is 0 Å². The van der Waals surface area contributed by atoms with Gasteiger partial charge in [-0.3, -0.25) is 4.79 Å². The summed E-state index contributed by atoms with van der Waals surface area (Å²) in [5, 5.41) is 0. The lowest BCUT2D eigenvalue weighted by Gasteiger charge is -2.38. The van der Waals surface area contributed by atoms with Crippen molar-refractivity contribution in [2.24, 2.45) is 5.73 Å². The first-order chi connectivity index (χ1) is 10.7. The molecule has 1 fully saturated rings. The molecule has 2 atom stereocenters. The summed E-state index contributed by atoms with van der Waals surface area (Å²) in [6.45, 7) is 2.43. The second kappa shape index (κ2) is 6.92. The maximum atomic E-state index is 12.6. The van der Waals surface area contributed by atoms with E-state index in [-0.39, 0.29) is 23.6 Å². The first kappa shape index (κ1) is 17.8. The van der Waals surface area contributed by atoms with Gasteiger partial charge in [0.05, 0.1) is 4.90 Å². The topological polar surface area (TPSA) is 80.5 Å². The Kier molecular flexibility index (Phi) is 5.36. The lowest BCUT2D eigenvalue weighted by Crippen LogP contribution is -2.51. The summed E-state index contributed by atoms with van der Waals surface area (Å²) in [6, 6.07) is 4.38. The van der Waals surface area contributed by atoms with Gasteiger partial charge in [0.25, 0.3) is 5.91 Å². The van der Waals surface area contributed by atoms with Gasteiger partial charge >= 0.3 is 5.76 Å². The van der Waals surface area contributed by atoms with Crippen molar-refractivity contribution in [3.63, 3.8) is 0 Å². The monoisotopic (exact) mass is 346 g/mol. The van der Waals surface area contributed by atoms with Gasteiger partial charge in [-0.25, -0.2) is 8.42 Å². The van der Waals surface area contributed by atoms with Gasteiger partial charge < -0.3 is 10.6 Å². The van der Waals surface area contributed by atoms with Crippen molar-refractivity contribution in [2.45, 2.75) is 48.9 Å². The van der Waals surface area contributed by atoms with Gasteiger partial charge in [0.15, 0.2) is 0 Å². The zero-order valence-electron chi connectivity index (χ0n) is 12.8. The SMILES string of the molecule is CC(N)C1CCCCN1C(=O)c1ccc(S(=O)(=O)C(F)F)cc1.